The Balaban J connectivity index is 2.06. The van der Waals surface area contributed by atoms with Crippen molar-refractivity contribution in [1.29, 1.82) is 0 Å². The highest BCUT2D eigenvalue weighted by atomic mass is 31.2. The fourth-order valence-corrected chi connectivity index (χ4v) is 3.10. The summed E-state index contributed by atoms with van der Waals surface area (Å²) in [4.78, 5) is 11.3. The first-order valence-electron chi connectivity index (χ1n) is 5.75. The highest BCUT2D eigenvalue weighted by Gasteiger charge is 2.27. The molecule has 6 nitrogen and oxygen atoms in total. The van der Waals surface area contributed by atoms with E-state index in [1.54, 1.807) is 6.92 Å². The number of ether oxygens (including phenoxy) is 1. The van der Waals surface area contributed by atoms with Crippen molar-refractivity contribution in [2.75, 3.05) is 6.61 Å². The molecule has 0 radical (unpaired) electrons. The van der Waals surface area contributed by atoms with Crippen LogP contribution in [0.3, 0.4) is 0 Å². The van der Waals surface area contributed by atoms with E-state index in [1.165, 1.54) is 0 Å². The van der Waals surface area contributed by atoms with Crippen LogP contribution in [0, 0.1) is 0 Å². The van der Waals surface area contributed by atoms with Crippen molar-refractivity contribution in [3.63, 3.8) is 0 Å². The first-order valence-corrected chi connectivity index (χ1v) is 7.46. The van der Waals surface area contributed by atoms with Crippen LogP contribution >= 0.6 is 7.59 Å². The highest BCUT2D eigenvalue weighted by Crippen LogP contribution is 2.34. The fourth-order valence-electron chi connectivity index (χ4n) is 1.72. The molecule has 1 amide bonds. The van der Waals surface area contributed by atoms with E-state index in [0.29, 0.717) is 13.1 Å². The molecule has 1 heterocycles. The third-order valence-corrected chi connectivity index (χ3v) is 4.33. The minimum Gasteiger partial charge on any atom is -0.450 e. The molecule has 1 aliphatic heterocycles. The van der Waals surface area contributed by atoms with Crippen LogP contribution in [0.2, 0.25) is 0 Å². The zero-order valence-electron chi connectivity index (χ0n) is 10.1. The van der Waals surface area contributed by atoms with Crippen LogP contribution in [0.15, 0.2) is 24.3 Å². The molecule has 0 saturated heterocycles. The maximum absolute atomic E-state index is 12.4. The monoisotopic (exact) mass is 269 g/mol. The van der Waals surface area contributed by atoms with Gasteiger partial charge in [-0.05, 0) is 18.1 Å². The second kappa shape index (κ2) is 5.52. The SMILES string of the molecule is CCOC(=O)NP1(=O)NCc2ccccc2CN1. The van der Waals surface area contributed by atoms with Crippen molar-refractivity contribution in [3.05, 3.63) is 35.4 Å². The van der Waals surface area contributed by atoms with Gasteiger partial charge in [0.05, 0.1) is 6.61 Å². The molecule has 1 aliphatic rings. The Kier molecular flexibility index (Phi) is 4.01. The molecule has 0 bridgehead atoms. The van der Waals surface area contributed by atoms with Gasteiger partial charge in [-0.1, -0.05) is 24.3 Å². The fraction of sp³-hybridized carbons (Fsp3) is 0.364. The van der Waals surface area contributed by atoms with Gasteiger partial charge in [0.25, 0.3) is 0 Å². The van der Waals surface area contributed by atoms with Gasteiger partial charge in [0.2, 0.25) is 0 Å². The number of hydrogen-bond donors (Lipinski definition) is 3. The summed E-state index contributed by atoms with van der Waals surface area (Å²) in [6.07, 6.45) is -0.688. The van der Waals surface area contributed by atoms with Crippen LogP contribution in [0.25, 0.3) is 0 Å². The molecule has 1 aromatic rings. The maximum atomic E-state index is 12.4. The van der Waals surface area contributed by atoms with Gasteiger partial charge in [-0.25, -0.2) is 20.1 Å². The lowest BCUT2D eigenvalue weighted by molar-refractivity contribution is 0.158. The summed E-state index contributed by atoms with van der Waals surface area (Å²) in [5.41, 5.74) is 2.13. The summed E-state index contributed by atoms with van der Waals surface area (Å²) in [5, 5.41) is 8.02. The largest absolute Gasteiger partial charge is 0.450 e. The van der Waals surface area contributed by atoms with Gasteiger partial charge < -0.3 is 4.74 Å². The van der Waals surface area contributed by atoms with E-state index in [0.717, 1.165) is 11.1 Å². The minimum absolute atomic E-state index is 0.242. The average molecular weight is 269 g/mol. The Morgan fingerprint density at radius 1 is 1.33 bits per heavy atom. The number of benzene rings is 1. The van der Waals surface area contributed by atoms with Crippen LogP contribution in [0.5, 0.6) is 0 Å². The first-order chi connectivity index (χ1) is 8.63. The van der Waals surface area contributed by atoms with Crippen LogP contribution in [0.4, 0.5) is 4.79 Å². The molecule has 2 rings (SSSR count). The van der Waals surface area contributed by atoms with Crippen molar-refractivity contribution in [1.82, 2.24) is 15.3 Å². The second-order valence-electron chi connectivity index (χ2n) is 3.88. The van der Waals surface area contributed by atoms with Crippen molar-refractivity contribution < 1.29 is 14.1 Å². The molecule has 7 heteroatoms. The number of carbonyl (C=O) groups excluding carboxylic acids is 1. The summed E-state index contributed by atoms with van der Waals surface area (Å²) >= 11 is 0. The van der Waals surface area contributed by atoms with Gasteiger partial charge in [0, 0.05) is 13.1 Å². The van der Waals surface area contributed by atoms with Gasteiger partial charge in [0.15, 0.2) is 0 Å². The molecule has 1 aromatic carbocycles. The number of amides is 1. The smallest absolute Gasteiger partial charge is 0.414 e. The Morgan fingerprint density at radius 2 is 1.89 bits per heavy atom. The standard InChI is InChI=1S/C11H16N3O3P/c1-2-17-11(15)14-18(16)12-7-9-5-3-4-6-10(9)8-13-18/h3-6H,2,7-8H2,1H3,(H3,12,13,14,15,16). The molecular formula is C11H16N3O3P. The van der Waals surface area contributed by atoms with E-state index in [9.17, 15) is 9.36 Å². The molecule has 0 saturated carbocycles. The summed E-state index contributed by atoms with van der Waals surface area (Å²) in [7, 11) is -3.15. The summed E-state index contributed by atoms with van der Waals surface area (Å²) in [6, 6.07) is 7.78. The normalized spacial score (nSPS) is 17.4. The molecule has 0 fully saturated rings. The van der Waals surface area contributed by atoms with Gasteiger partial charge >= 0.3 is 13.7 Å². The number of rotatable bonds is 2. The number of fused-ring (bicyclic) bond motifs is 1. The lowest BCUT2D eigenvalue weighted by Gasteiger charge is -2.18. The van der Waals surface area contributed by atoms with Crippen LogP contribution in [0.1, 0.15) is 18.1 Å². The zero-order chi connectivity index (χ0) is 13.0. The molecular weight excluding hydrogens is 253 g/mol. The molecule has 0 aromatic heterocycles. The van der Waals surface area contributed by atoms with E-state index >= 15 is 0 Å². The van der Waals surface area contributed by atoms with Crippen LogP contribution < -0.4 is 15.3 Å². The van der Waals surface area contributed by atoms with E-state index < -0.39 is 13.7 Å². The van der Waals surface area contributed by atoms with Gasteiger partial charge in [-0.2, -0.15) is 0 Å². The Labute approximate surface area is 106 Å². The molecule has 3 N–H and O–H groups in total. The minimum atomic E-state index is -3.15. The first kappa shape index (κ1) is 13.1. The Hall–Kier alpha value is -1.36. The highest BCUT2D eigenvalue weighted by molar-refractivity contribution is 7.58. The molecule has 98 valence electrons. The number of nitrogens with one attached hydrogen (secondary N) is 3. The maximum Gasteiger partial charge on any atom is 0.414 e. The van der Waals surface area contributed by atoms with Crippen LogP contribution in [-0.2, 0) is 22.4 Å². The summed E-state index contributed by atoms with van der Waals surface area (Å²) in [6.45, 7) is 2.81. The Morgan fingerprint density at radius 3 is 2.39 bits per heavy atom. The van der Waals surface area contributed by atoms with Gasteiger partial charge in [-0.3, -0.25) is 4.57 Å². The lowest BCUT2D eigenvalue weighted by Crippen LogP contribution is -2.33. The zero-order valence-corrected chi connectivity index (χ0v) is 11.0. The average Bonchev–Trinajstić information content (AvgIpc) is 2.50. The quantitative estimate of drug-likeness (QED) is 0.713. The van der Waals surface area contributed by atoms with Crippen molar-refractivity contribution in [2.24, 2.45) is 0 Å². The molecule has 18 heavy (non-hydrogen) atoms. The third kappa shape index (κ3) is 3.10. The van der Waals surface area contributed by atoms with E-state index in [4.69, 9.17) is 4.74 Å². The lowest BCUT2D eigenvalue weighted by atomic mass is 10.1. The Bertz CT molecular complexity index is 461. The summed E-state index contributed by atoms with van der Waals surface area (Å²) < 4.78 is 17.1. The molecule has 0 aliphatic carbocycles. The van der Waals surface area contributed by atoms with E-state index in [-0.39, 0.29) is 6.61 Å². The van der Waals surface area contributed by atoms with Crippen LogP contribution in [-0.4, -0.2) is 12.7 Å². The van der Waals surface area contributed by atoms with Gasteiger partial charge in [0.1, 0.15) is 0 Å². The molecule has 0 atom stereocenters. The topological polar surface area (TPSA) is 79.5 Å². The predicted octanol–water partition coefficient (Wildman–Crippen LogP) is 1.73. The van der Waals surface area contributed by atoms with Crippen molar-refractivity contribution in [2.45, 2.75) is 20.0 Å². The third-order valence-electron chi connectivity index (χ3n) is 2.63. The van der Waals surface area contributed by atoms with Crippen molar-refractivity contribution >= 4 is 13.7 Å². The second-order valence-corrected chi connectivity index (χ2v) is 5.95. The molecule has 0 unspecified atom stereocenters. The number of hydrogen-bond acceptors (Lipinski definition) is 3. The molecule has 0 spiro atoms. The van der Waals surface area contributed by atoms with E-state index in [1.807, 2.05) is 24.3 Å². The van der Waals surface area contributed by atoms with Crippen molar-refractivity contribution in [3.8, 4) is 0 Å². The number of carbonyl (C=O) groups is 1. The predicted molar refractivity (Wildman–Crippen MR) is 67.9 cm³/mol. The summed E-state index contributed by atoms with van der Waals surface area (Å²) in [5.74, 6) is 0. The van der Waals surface area contributed by atoms with E-state index in [2.05, 4.69) is 15.3 Å². The van der Waals surface area contributed by atoms with Gasteiger partial charge in [-0.15, -0.1) is 0 Å².